The number of nitrogens with one attached hydrogen (secondary N) is 2. The van der Waals surface area contributed by atoms with E-state index in [1.807, 2.05) is 31.2 Å². The molecule has 2 N–H and O–H groups in total. The highest BCUT2D eigenvalue weighted by Gasteiger charge is 2.11. The Morgan fingerprint density at radius 3 is 2.57 bits per heavy atom. The van der Waals surface area contributed by atoms with E-state index in [1.54, 1.807) is 12.1 Å². The summed E-state index contributed by atoms with van der Waals surface area (Å²) in [5, 5.41) is 6.66. The molecule has 0 saturated heterocycles. The van der Waals surface area contributed by atoms with Crippen LogP contribution < -0.4 is 20.2 Å². The number of rotatable bonds is 9. The molecule has 7 nitrogen and oxygen atoms in total. The third-order valence-corrected chi connectivity index (χ3v) is 4.46. The molecule has 0 saturated carbocycles. The SMILES string of the molecule is C#CCOc1c(Br)cc(C=NNC(=O)CCC(=O)Nc2ccc(C)cc2)cc1OC. The van der Waals surface area contributed by atoms with Crippen LogP contribution in [-0.4, -0.2) is 31.7 Å². The lowest BCUT2D eigenvalue weighted by atomic mass is 10.2. The lowest BCUT2D eigenvalue weighted by Gasteiger charge is -2.11. The van der Waals surface area contributed by atoms with E-state index in [4.69, 9.17) is 15.9 Å². The van der Waals surface area contributed by atoms with Gasteiger partial charge in [0.1, 0.15) is 6.61 Å². The number of aryl methyl sites for hydroxylation is 1. The van der Waals surface area contributed by atoms with E-state index in [2.05, 4.69) is 37.7 Å². The van der Waals surface area contributed by atoms with Gasteiger partial charge in [0.05, 0.1) is 17.8 Å². The van der Waals surface area contributed by atoms with Crippen LogP contribution in [-0.2, 0) is 9.59 Å². The first-order valence-corrected chi connectivity index (χ1v) is 9.84. The molecule has 0 radical (unpaired) electrons. The number of hydrogen-bond acceptors (Lipinski definition) is 5. The van der Waals surface area contributed by atoms with Gasteiger partial charge in [-0.05, 0) is 52.7 Å². The van der Waals surface area contributed by atoms with Crippen molar-refractivity contribution in [2.75, 3.05) is 19.0 Å². The van der Waals surface area contributed by atoms with Crippen LogP contribution in [0.15, 0.2) is 46.0 Å². The summed E-state index contributed by atoms with van der Waals surface area (Å²) >= 11 is 3.39. The topological polar surface area (TPSA) is 89.0 Å². The number of hydrogen-bond donors (Lipinski definition) is 2. The van der Waals surface area contributed by atoms with Crippen LogP contribution in [0.25, 0.3) is 0 Å². The number of benzene rings is 2. The second-order valence-corrected chi connectivity index (χ2v) is 7.09. The van der Waals surface area contributed by atoms with Crippen molar-refractivity contribution in [2.24, 2.45) is 5.10 Å². The third kappa shape index (κ3) is 7.26. The van der Waals surface area contributed by atoms with Crippen molar-refractivity contribution < 1.29 is 19.1 Å². The lowest BCUT2D eigenvalue weighted by Crippen LogP contribution is -2.20. The predicted molar refractivity (Wildman–Crippen MR) is 120 cm³/mol. The molecule has 0 bridgehead atoms. The molecule has 0 atom stereocenters. The van der Waals surface area contributed by atoms with E-state index < -0.39 is 0 Å². The van der Waals surface area contributed by atoms with E-state index in [9.17, 15) is 9.59 Å². The summed E-state index contributed by atoms with van der Waals surface area (Å²) in [4.78, 5) is 23.9. The molecule has 0 heterocycles. The summed E-state index contributed by atoms with van der Waals surface area (Å²) in [6.07, 6.45) is 6.74. The zero-order chi connectivity index (χ0) is 21.9. The van der Waals surface area contributed by atoms with Crippen LogP contribution >= 0.6 is 15.9 Å². The van der Waals surface area contributed by atoms with E-state index in [1.165, 1.54) is 13.3 Å². The van der Waals surface area contributed by atoms with Crippen molar-refractivity contribution in [1.29, 1.82) is 0 Å². The van der Waals surface area contributed by atoms with Crippen molar-refractivity contribution >= 4 is 39.6 Å². The smallest absolute Gasteiger partial charge is 0.240 e. The van der Waals surface area contributed by atoms with Gasteiger partial charge in [-0.15, -0.1) is 6.42 Å². The molecule has 0 fully saturated rings. The van der Waals surface area contributed by atoms with Crippen LogP contribution in [0.5, 0.6) is 11.5 Å². The summed E-state index contributed by atoms with van der Waals surface area (Å²) in [7, 11) is 1.51. The molecular weight excluding hydrogens is 450 g/mol. The summed E-state index contributed by atoms with van der Waals surface area (Å²) in [5.41, 5.74) is 4.87. The highest BCUT2D eigenvalue weighted by atomic mass is 79.9. The van der Waals surface area contributed by atoms with Crippen molar-refractivity contribution in [3.8, 4) is 23.8 Å². The van der Waals surface area contributed by atoms with E-state index in [0.29, 0.717) is 27.2 Å². The quantitative estimate of drug-likeness (QED) is 0.331. The fourth-order valence-electron chi connectivity index (χ4n) is 2.39. The van der Waals surface area contributed by atoms with Crippen LogP contribution in [0.3, 0.4) is 0 Å². The van der Waals surface area contributed by atoms with Crippen LogP contribution in [0, 0.1) is 19.3 Å². The molecule has 0 aromatic heterocycles. The van der Waals surface area contributed by atoms with Crippen LogP contribution in [0.4, 0.5) is 5.69 Å². The minimum Gasteiger partial charge on any atom is -0.493 e. The van der Waals surface area contributed by atoms with Gasteiger partial charge < -0.3 is 14.8 Å². The zero-order valence-electron chi connectivity index (χ0n) is 16.7. The van der Waals surface area contributed by atoms with Gasteiger partial charge in [0.25, 0.3) is 0 Å². The Labute approximate surface area is 184 Å². The maximum atomic E-state index is 11.9. The second-order valence-electron chi connectivity index (χ2n) is 6.23. The Morgan fingerprint density at radius 1 is 1.20 bits per heavy atom. The number of methoxy groups -OCH3 is 1. The molecule has 2 aromatic carbocycles. The first-order valence-electron chi connectivity index (χ1n) is 9.05. The molecular formula is C22H22BrN3O4. The summed E-state index contributed by atoms with van der Waals surface area (Å²) in [5.74, 6) is 2.73. The highest BCUT2D eigenvalue weighted by Crippen LogP contribution is 2.36. The number of ether oxygens (including phenoxy) is 2. The van der Waals surface area contributed by atoms with E-state index in [-0.39, 0.29) is 31.3 Å². The van der Waals surface area contributed by atoms with E-state index >= 15 is 0 Å². The molecule has 0 aliphatic carbocycles. The van der Waals surface area contributed by atoms with Crippen molar-refractivity contribution in [3.05, 3.63) is 52.0 Å². The number of anilines is 1. The van der Waals surface area contributed by atoms with Gasteiger partial charge in [-0.1, -0.05) is 23.6 Å². The first-order chi connectivity index (χ1) is 14.4. The van der Waals surface area contributed by atoms with Crippen LogP contribution in [0.1, 0.15) is 24.0 Å². The van der Waals surface area contributed by atoms with Gasteiger partial charge in [0.2, 0.25) is 11.8 Å². The van der Waals surface area contributed by atoms with Gasteiger partial charge in [-0.25, -0.2) is 5.43 Å². The lowest BCUT2D eigenvalue weighted by molar-refractivity contribution is -0.124. The largest absolute Gasteiger partial charge is 0.493 e. The molecule has 2 amide bonds. The molecule has 0 spiro atoms. The fourth-order valence-corrected chi connectivity index (χ4v) is 2.96. The maximum Gasteiger partial charge on any atom is 0.240 e. The molecule has 8 heteroatoms. The summed E-state index contributed by atoms with van der Waals surface area (Å²) < 4.78 is 11.4. The average molecular weight is 472 g/mol. The second kappa shape index (κ2) is 11.6. The van der Waals surface area contributed by atoms with Crippen LogP contribution in [0.2, 0.25) is 0 Å². The van der Waals surface area contributed by atoms with E-state index in [0.717, 1.165) is 5.56 Å². The first kappa shape index (κ1) is 23.0. The summed E-state index contributed by atoms with van der Waals surface area (Å²) in [6.45, 7) is 2.07. The van der Waals surface area contributed by atoms with Gasteiger partial charge in [0, 0.05) is 18.5 Å². The number of terminal acetylenes is 1. The van der Waals surface area contributed by atoms with Gasteiger partial charge >= 0.3 is 0 Å². The Balaban J connectivity index is 1.85. The van der Waals surface area contributed by atoms with Crippen molar-refractivity contribution in [1.82, 2.24) is 5.43 Å². The molecule has 2 rings (SSSR count). The van der Waals surface area contributed by atoms with Gasteiger partial charge in [0.15, 0.2) is 11.5 Å². The monoisotopic (exact) mass is 471 g/mol. The van der Waals surface area contributed by atoms with Gasteiger partial charge in [-0.3, -0.25) is 9.59 Å². The maximum absolute atomic E-state index is 11.9. The number of halogens is 1. The standard InChI is InChI=1S/C22H22BrN3O4/c1-4-11-30-22-18(23)12-16(13-19(22)29-3)14-24-26-21(28)10-9-20(27)25-17-7-5-15(2)6-8-17/h1,5-8,12-14H,9-11H2,2-3H3,(H,25,27)(H,26,28). The van der Waals surface area contributed by atoms with Gasteiger partial charge in [-0.2, -0.15) is 5.10 Å². The number of amides is 2. The Kier molecular flexibility index (Phi) is 8.91. The number of carbonyl (C=O) groups excluding carboxylic acids is 2. The predicted octanol–water partition coefficient (Wildman–Crippen LogP) is 3.65. The number of carbonyl (C=O) groups is 2. The fraction of sp³-hybridized carbons (Fsp3) is 0.227. The molecule has 30 heavy (non-hydrogen) atoms. The average Bonchev–Trinajstić information content (AvgIpc) is 2.73. The summed E-state index contributed by atoms with van der Waals surface area (Å²) in [6, 6.07) is 10.9. The number of nitrogens with zero attached hydrogens (tertiary/aromatic N) is 1. The number of hydrazone groups is 1. The molecule has 0 unspecified atom stereocenters. The highest BCUT2D eigenvalue weighted by molar-refractivity contribution is 9.10. The minimum atomic E-state index is -0.370. The normalized spacial score (nSPS) is 10.3. The molecule has 156 valence electrons. The molecule has 0 aliphatic rings. The Morgan fingerprint density at radius 2 is 1.90 bits per heavy atom. The Hall–Kier alpha value is -3.31. The zero-order valence-corrected chi connectivity index (χ0v) is 18.3. The molecule has 0 aliphatic heterocycles. The third-order valence-electron chi connectivity index (χ3n) is 3.87. The van der Waals surface area contributed by atoms with Crippen molar-refractivity contribution in [2.45, 2.75) is 19.8 Å². The van der Waals surface area contributed by atoms with Crippen molar-refractivity contribution in [3.63, 3.8) is 0 Å². The Bertz CT molecular complexity index is 966. The minimum absolute atomic E-state index is 0.0148. The molecule has 2 aromatic rings.